The Bertz CT molecular complexity index is 534. The summed E-state index contributed by atoms with van der Waals surface area (Å²) < 4.78 is 10.1. The molecule has 0 spiro atoms. The molecule has 3 N–H and O–H groups in total. The lowest BCUT2D eigenvalue weighted by Crippen LogP contribution is -2.22. The van der Waals surface area contributed by atoms with Crippen LogP contribution in [0.3, 0.4) is 0 Å². The fourth-order valence-electron chi connectivity index (χ4n) is 2.23. The van der Waals surface area contributed by atoms with Crippen LogP contribution in [0.25, 0.3) is 11.0 Å². The van der Waals surface area contributed by atoms with Crippen molar-refractivity contribution in [3.63, 3.8) is 0 Å². The summed E-state index contributed by atoms with van der Waals surface area (Å²) in [6.07, 6.45) is 2.20. The average Bonchev–Trinajstić information content (AvgIpc) is 2.90. The summed E-state index contributed by atoms with van der Waals surface area (Å²) >= 11 is 0. The van der Waals surface area contributed by atoms with E-state index in [4.69, 9.17) is 15.1 Å². The van der Waals surface area contributed by atoms with Crippen LogP contribution >= 0.6 is 0 Å². The number of aromatic nitrogens is 2. The van der Waals surface area contributed by atoms with Gasteiger partial charge in [-0.2, -0.15) is 0 Å². The van der Waals surface area contributed by atoms with Crippen LogP contribution in [-0.2, 0) is 4.74 Å². The van der Waals surface area contributed by atoms with Gasteiger partial charge < -0.3 is 15.8 Å². The third kappa shape index (κ3) is 2.11. The largest absolute Gasteiger partial charge is 0.397 e. The van der Waals surface area contributed by atoms with Crippen LogP contribution in [0, 0.1) is 5.92 Å². The SMILES string of the molecule is Nc1ccc(NCC2CCOCC2)c2nonc12. The lowest BCUT2D eigenvalue weighted by atomic mass is 10.0. The highest BCUT2D eigenvalue weighted by molar-refractivity contribution is 5.94. The molecule has 1 fully saturated rings. The number of benzene rings is 1. The number of nitrogens with zero attached hydrogens (tertiary/aromatic N) is 2. The van der Waals surface area contributed by atoms with E-state index in [2.05, 4.69) is 15.6 Å². The summed E-state index contributed by atoms with van der Waals surface area (Å²) in [6, 6.07) is 3.74. The normalized spacial score (nSPS) is 17.1. The summed E-state index contributed by atoms with van der Waals surface area (Å²) in [5.41, 5.74) is 8.62. The molecule has 0 saturated carbocycles. The van der Waals surface area contributed by atoms with Crippen molar-refractivity contribution >= 4 is 22.4 Å². The van der Waals surface area contributed by atoms with Crippen LogP contribution in [0.5, 0.6) is 0 Å². The molecule has 0 radical (unpaired) electrons. The molecule has 0 unspecified atom stereocenters. The van der Waals surface area contributed by atoms with E-state index in [1.165, 1.54) is 0 Å². The molecule has 0 aliphatic carbocycles. The van der Waals surface area contributed by atoms with Crippen molar-refractivity contribution in [2.75, 3.05) is 30.8 Å². The van der Waals surface area contributed by atoms with Gasteiger partial charge in [0.1, 0.15) is 0 Å². The number of nitrogens with one attached hydrogen (secondary N) is 1. The Labute approximate surface area is 104 Å². The first-order chi connectivity index (χ1) is 8.84. The Morgan fingerprint density at radius 2 is 2.00 bits per heavy atom. The predicted molar refractivity (Wildman–Crippen MR) is 68.2 cm³/mol. The highest BCUT2D eigenvalue weighted by Gasteiger charge is 2.15. The van der Waals surface area contributed by atoms with Gasteiger partial charge in [-0.05, 0) is 41.2 Å². The van der Waals surface area contributed by atoms with E-state index in [1.54, 1.807) is 0 Å². The molecular weight excluding hydrogens is 232 g/mol. The van der Waals surface area contributed by atoms with Gasteiger partial charge >= 0.3 is 0 Å². The molecule has 1 aliphatic rings. The quantitative estimate of drug-likeness (QED) is 0.803. The van der Waals surface area contributed by atoms with Gasteiger partial charge in [0.25, 0.3) is 0 Å². The van der Waals surface area contributed by atoms with Crippen LogP contribution in [0.2, 0.25) is 0 Å². The maximum Gasteiger partial charge on any atom is 0.160 e. The molecule has 0 amide bonds. The van der Waals surface area contributed by atoms with Crippen LogP contribution in [-0.4, -0.2) is 30.1 Å². The van der Waals surface area contributed by atoms with Crippen LogP contribution < -0.4 is 11.1 Å². The Morgan fingerprint density at radius 3 is 2.83 bits per heavy atom. The van der Waals surface area contributed by atoms with E-state index in [-0.39, 0.29) is 0 Å². The Balaban J connectivity index is 1.74. The van der Waals surface area contributed by atoms with Crippen molar-refractivity contribution in [1.29, 1.82) is 0 Å². The lowest BCUT2D eigenvalue weighted by Gasteiger charge is -2.22. The fraction of sp³-hybridized carbons (Fsp3) is 0.500. The summed E-state index contributed by atoms with van der Waals surface area (Å²) in [4.78, 5) is 0. The first kappa shape index (κ1) is 11.3. The van der Waals surface area contributed by atoms with Crippen molar-refractivity contribution in [3.8, 4) is 0 Å². The minimum Gasteiger partial charge on any atom is -0.397 e. The van der Waals surface area contributed by atoms with E-state index >= 15 is 0 Å². The molecule has 96 valence electrons. The maximum absolute atomic E-state index is 5.80. The van der Waals surface area contributed by atoms with Crippen LogP contribution in [0.15, 0.2) is 16.8 Å². The minimum atomic E-state index is 0.586. The second kappa shape index (κ2) is 4.81. The van der Waals surface area contributed by atoms with Gasteiger partial charge in [0, 0.05) is 19.8 Å². The first-order valence-corrected chi connectivity index (χ1v) is 6.17. The first-order valence-electron chi connectivity index (χ1n) is 6.17. The molecule has 1 aromatic heterocycles. The number of ether oxygens (including phenoxy) is 1. The van der Waals surface area contributed by atoms with E-state index in [9.17, 15) is 0 Å². The predicted octanol–water partition coefficient (Wildman–Crippen LogP) is 1.64. The molecule has 1 saturated heterocycles. The molecule has 6 nitrogen and oxygen atoms in total. The molecular formula is C12H16N4O2. The molecule has 1 aliphatic heterocycles. The van der Waals surface area contributed by atoms with Gasteiger partial charge in [0.2, 0.25) is 0 Å². The van der Waals surface area contributed by atoms with Crippen molar-refractivity contribution in [2.45, 2.75) is 12.8 Å². The van der Waals surface area contributed by atoms with E-state index < -0.39 is 0 Å². The second-order valence-corrected chi connectivity index (χ2v) is 4.60. The minimum absolute atomic E-state index is 0.586. The highest BCUT2D eigenvalue weighted by Crippen LogP contribution is 2.26. The monoisotopic (exact) mass is 248 g/mol. The highest BCUT2D eigenvalue weighted by atomic mass is 16.6. The maximum atomic E-state index is 5.80. The third-order valence-corrected chi connectivity index (χ3v) is 3.37. The van der Waals surface area contributed by atoms with E-state index in [0.29, 0.717) is 22.6 Å². The Hall–Kier alpha value is -1.82. The zero-order chi connectivity index (χ0) is 12.4. The summed E-state index contributed by atoms with van der Waals surface area (Å²) in [7, 11) is 0. The zero-order valence-corrected chi connectivity index (χ0v) is 10.1. The van der Waals surface area contributed by atoms with E-state index in [0.717, 1.165) is 38.3 Å². The molecule has 0 atom stereocenters. The number of hydrogen-bond acceptors (Lipinski definition) is 6. The van der Waals surface area contributed by atoms with Gasteiger partial charge in [-0.25, -0.2) is 4.63 Å². The van der Waals surface area contributed by atoms with Gasteiger partial charge in [0.05, 0.1) is 11.4 Å². The van der Waals surface area contributed by atoms with E-state index in [1.807, 2.05) is 12.1 Å². The fourth-order valence-corrected chi connectivity index (χ4v) is 2.23. The lowest BCUT2D eigenvalue weighted by molar-refractivity contribution is 0.0699. The smallest absolute Gasteiger partial charge is 0.160 e. The van der Waals surface area contributed by atoms with Crippen LogP contribution in [0.1, 0.15) is 12.8 Å². The average molecular weight is 248 g/mol. The standard InChI is InChI=1S/C12H16N4O2/c13-9-1-2-10(12-11(9)15-18-16-12)14-7-8-3-5-17-6-4-8/h1-2,8,14H,3-7,13H2. The number of hydrogen-bond donors (Lipinski definition) is 2. The molecule has 3 rings (SSSR count). The van der Waals surface area contributed by atoms with Crippen LogP contribution in [0.4, 0.5) is 11.4 Å². The van der Waals surface area contributed by atoms with Gasteiger partial charge in [0.15, 0.2) is 11.0 Å². The zero-order valence-electron chi connectivity index (χ0n) is 10.1. The number of nitrogens with two attached hydrogens (primary N) is 1. The van der Waals surface area contributed by atoms with Gasteiger partial charge in [-0.3, -0.25) is 0 Å². The molecule has 0 bridgehead atoms. The van der Waals surface area contributed by atoms with Gasteiger partial charge in [-0.15, -0.1) is 0 Å². The molecule has 18 heavy (non-hydrogen) atoms. The second-order valence-electron chi connectivity index (χ2n) is 4.60. The van der Waals surface area contributed by atoms with Crippen molar-refractivity contribution in [3.05, 3.63) is 12.1 Å². The molecule has 2 aromatic rings. The van der Waals surface area contributed by atoms with Crippen molar-refractivity contribution < 1.29 is 9.37 Å². The van der Waals surface area contributed by atoms with Crippen molar-refractivity contribution in [1.82, 2.24) is 10.3 Å². The molecule has 1 aromatic carbocycles. The number of nitrogen functional groups attached to an aromatic ring is 1. The third-order valence-electron chi connectivity index (χ3n) is 3.37. The number of anilines is 2. The number of fused-ring (bicyclic) bond motifs is 1. The Morgan fingerprint density at radius 1 is 1.22 bits per heavy atom. The Kier molecular flexibility index (Phi) is 3.02. The summed E-state index contributed by atoms with van der Waals surface area (Å²) in [5.74, 6) is 0.645. The van der Waals surface area contributed by atoms with Gasteiger partial charge in [-0.1, -0.05) is 0 Å². The number of rotatable bonds is 3. The van der Waals surface area contributed by atoms with Crippen molar-refractivity contribution in [2.24, 2.45) is 5.92 Å². The summed E-state index contributed by atoms with van der Waals surface area (Å²) in [6.45, 7) is 2.62. The topological polar surface area (TPSA) is 86.2 Å². The summed E-state index contributed by atoms with van der Waals surface area (Å²) in [5, 5.41) is 11.1. The molecule has 6 heteroatoms. The molecule has 2 heterocycles.